The highest BCUT2D eigenvalue weighted by molar-refractivity contribution is 7.85. The number of fused-ring (bicyclic) bond motifs is 3. The van der Waals surface area contributed by atoms with Crippen molar-refractivity contribution < 1.29 is 23.0 Å². The van der Waals surface area contributed by atoms with E-state index < -0.39 is 21.6 Å². The molecule has 0 bridgehead atoms. The van der Waals surface area contributed by atoms with Crippen molar-refractivity contribution in [1.82, 2.24) is 19.9 Å². The van der Waals surface area contributed by atoms with Gasteiger partial charge in [-0.25, -0.2) is 14.4 Å². The Kier molecular flexibility index (Phi) is 12.9. The van der Waals surface area contributed by atoms with Crippen LogP contribution in [0.25, 0.3) is 5.57 Å². The third-order valence-electron chi connectivity index (χ3n) is 10.7. The molecule has 4 aliphatic rings. The SMILES string of the molecule is CC(C)[C@H](CO)Nc1nc(Cl)nc2c1S(=O)CC2.CCC1=C(C2CCN(c3nc4c(c(N[C@@H](CO)C(C)C)n3)S(=O)CC4)CC2)c2cc(F)ccc2C1. The van der Waals surface area contributed by atoms with Crippen LogP contribution in [-0.4, -0.2) is 88.5 Å². The van der Waals surface area contributed by atoms with E-state index in [-0.39, 0.29) is 48.2 Å². The molecular weight excluding hydrogens is 737 g/mol. The number of hydrogen-bond donors (Lipinski definition) is 4. The third kappa shape index (κ3) is 8.61. The summed E-state index contributed by atoms with van der Waals surface area (Å²) in [5.41, 5.74) is 6.75. The van der Waals surface area contributed by atoms with Gasteiger partial charge in [0.15, 0.2) is 0 Å². The summed E-state index contributed by atoms with van der Waals surface area (Å²) in [5, 5.41) is 25.8. The van der Waals surface area contributed by atoms with E-state index in [1.807, 2.05) is 33.8 Å². The minimum Gasteiger partial charge on any atom is -0.394 e. The number of aliphatic hydroxyl groups is 2. The van der Waals surface area contributed by atoms with Crippen LogP contribution in [0.5, 0.6) is 0 Å². The van der Waals surface area contributed by atoms with Crippen LogP contribution in [0.3, 0.4) is 0 Å². The fourth-order valence-corrected chi connectivity index (χ4v) is 10.4. The predicted octanol–water partition coefficient (Wildman–Crippen LogP) is 5.57. The minimum atomic E-state index is -1.11. The number of halogens is 2. The van der Waals surface area contributed by atoms with E-state index in [4.69, 9.17) is 21.6 Å². The van der Waals surface area contributed by atoms with Crippen LogP contribution in [-0.2, 0) is 40.9 Å². The maximum atomic E-state index is 14.1. The number of piperidine rings is 1. The minimum absolute atomic E-state index is 0.0131. The number of nitrogens with zero attached hydrogens (tertiary/aromatic N) is 5. The molecule has 0 amide bonds. The summed E-state index contributed by atoms with van der Waals surface area (Å²) >= 11 is 5.86. The molecule has 1 aromatic carbocycles. The molecule has 3 aliphatic heterocycles. The lowest BCUT2D eigenvalue weighted by molar-refractivity contribution is 0.248. The van der Waals surface area contributed by atoms with E-state index in [1.54, 1.807) is 12.1 Å². The Morgan fingerprint density at radius 3 is 2.00 bits per heavy atom. The van der Waals surface area contributed by atoms with Gasteiger partial charge < -0.3 is 25.7 Å². The summed E-state index contributed by atoms with van der Waals surface area (Å²) in [5.74, 6) is 3.58. The van der Waals surface area contributed by atoms with E-state index in [2.05, 4.69) is 32.4 Å². The van der Waals surface area contributed by atoms with Crippen LogP contribution in [0.1, 0.15) is 76.4 Å². The van der Waals surface area contributed by atoms with Crippen LogP contribution in [0.4, 0.5) is 22.0 Å². The maximum Gasteiger partial charge on any atom is 0.227 e. The number of aliphatic hydroxyl groups excluding tert-OH is 2. The topological polar surface area (TPSA) is 153 Å². The number of benzene rings is 1. The molecule has 0 saturated carbocycles. The summed E-state index contributed by atoms with van der Waals surface area (Å²) < 4.78 is 38.7. The van der Waals surface area contributed by atoms with Gasteiger partial charge in [-0.15, -0.1) is 0 Å². The van der Waals surface area contributed by atoms with Gasteiger partial charge in [-0.3, -0.25) is 8.42 Å². The van der Waals surface area contributed by atoms with Crippen molar-refractivity contribution in [1.29, 1.82) is 0 Å². The molecule has 2 unspecified atom stereocenters. The van der Waals surface area contributed by atoms with Crippen LogP contribution < -0.4 is 15.5 Å². The first-order valence-electron chi connectivity index (χ1n) is 18.7. The summed E-state index contributed by atoms with van der Waals surface area (Å²) in [4.78, 5) is 21.4. The van der Waals surface area contributed by atoms with Crippen molar-refractivity contribution in [2.45, 2.75) is 95.0 Å². The molecule has 15 heteroatoms. The summed E-state index contributed by atoms with van der Waals surface area (Å²) in [6.45, 7) is 11.9. The Hall–Kier alpha value is -3.04. The quantitative estimate of drug-likeness (QED) is 0.181. The number of anilines is 3. The van der Waals surface area contributed by atoms with Crippen molar-refractivity contribution in [2.75, 3.05) is 53.3 Å². The van der Waals surface area contributed by atoms with Crippen molar-refractivity contribution in [2.24, 2.45) is 17.8 Å². The van der Waals surface area contributed by atoms with E-state index in [0.717, 1.165) is 55.7 Å². The zero-order chi connectivity index (χ0) is 38.0. The second-order valence-electron chi connectivity index (χ2n) is 14.8. The van der Waals surface area contributed by atoms with Crippen LogP contribution in [0, 0.1) is 23.6 Å². The zero-order valence-corrected chi connectivity index (χ0v) is 33.5. The lowest BCUT2D eigenvalue weighted by Crippen LogP contribution is -2.36. The molecule has 0 spiro atoms. The number of hydrogen-bond acceptors (Lipinski definition) is 11. The Morgan fingerprint density at radius 1 is 0.887 bits per heavy atom. The molecule has 4 N–H and O–H groups in total. The van der Waals surface area contributed by atoms with Gasteiger partial charge >= 0.3 is 0 Å². The largest absolute Gasteiger partial charge is 0.394 e. The zero-order valence-electron chi connectivity index (χ0n) is 31.1. The van der Waals surface area contributed by atoms with Crippen LogP contribution in [0.15, 0.2) is 33.6 Å². The van der Waals surface area contributed by atoms with Crippen molar-refractivity contribution in [3.63, 3.8) is 0 Å². The summed E-state index contributed by atoms with van der Waals surface area (Å²) in [6, 6.07) is 4.93. The first kappa shape index (κ1) is 39.6. The van der Waals surface area contributed by atoms with Crippen molar-refractivity contribution in [3.05, 3.63) is 57.4 Å². The van der Waals surface area contributed by atoms with Crippen molar-refractivity contribution >= 4 is 56.4 Å². The molecular formula is C38H51ClFN7O4S2. The predicted molar refractivity (Wildman–Crippen MR) is 210 cm³/mol. The lowest BCUT2D eigenvalue weighted by atomic mass is 9.84. The highest BCUT2D eigenvalue weighted by Crippen LogP contribution is 2.43. The Bertz CT molecular complexity index is 1900. The average molecular weight is 788 g/mol. The lowest BCUT2D eigenvalue weighted by Gasteiger charge is -2.34. The maximum absolute atomic E-state index is 14.1. The first-order valence-corrected chi connectivity index (χ1v) is 21.7. The molecule has 53 heavy (non-hydrogen) atoms. The molecule has 7 rings (SSSR count). The van der Waals surface area contributed by atoms with E-state index in [9.17, 15) is 23.0 Å². The number of rotatable bonds is 11. The van der Waals surface area contributed by atoms with Gasteiger partial charge in [-0.2, -0.15) is 9.97 Å². The van der Waals surface area contributed by atoms with Gasteiger partial charge in [0.2, 0.25) is 11.2 Å². The van der Waals surface area contributed by atoms with Gasteiger partial charge in [-0.05, 0) is 83.9 Å². The average Bonchev–Trinajstić information content (AvgIpc) is 3.83. The molecule has 0 radical (unpaired) electrons. The number of aryl methyl sites for hydroxylation is 2. The van der Waals surface area contributed by atoms with E-state index in [0.29, 0.717) is 57.6 Å². The van der Waals surface area contributed by atoms with Gasteiger partial charge in [0, 0.05) is 37.4 Å². The second kappa shape index (κ2) is 17.2. The molecule has 4 atom stereocenters. The Labute approximate surface area is 321 Å². The van der Waals surface area contributed by atoms with Crippen LogP contribution >= 0.6 is 11.6 Å². The molecule has 3 aromatic rings. The molecule has 1 aliphatic carbocycles. The molecule has 5 heterocycles. The highest BCUT2D eigenvalue weighted by atomic mass is 35.5. The molecule has 288 valence electrons. The van der Waals surface area contributed by atoms with Crippen molar-refractivity contribution in [3.8, 4) is 0 Å². The summed E-state index contributed by atoms with van der Waals surface area (Å²) in [7, 11) is -2.19. The summed E-state index contributed by atoms with van der Waals surface area (Å²) in [6.07, 6.45) is 5.20. The Balaban J connectivity index is 0.000000225. The third-order valence-corrected chi connectivity index (χ3v) is 13.8. The molecule has 1 saturated heterocycles. The van der Waals surface area contributed by atoms with Gasteiger partial charge in [0.05, 0.1) is 58.3 Å². The Morgan fingerprint density at radius 2 is 1.45 bits per heavy atom. The monoisotopic (exact) mass is 787 g/mol. The van der Waals surface area contributed by atoms with E-state index >= 15 is 0 Å². The smallest absolute Gasteiger partial charge is 0.227 e. The second-order valence-corrected chi connectivity index (χ2v) is 18.2. The fourth-order valence-electron chi connectivity index (χ4n) is 7.55. The molecule has 11 nitrogen and oxygen atoms in total. The number of aromatic nitrogens is 4. The molecule has 2 aromatic heterocycles. The number of nitrogens with one attached hydrogen (secondary N) is 2. The fraction of sp³-hybridized carbons (Fsp3) is 0.579. The van der Waals surface area contributed by atoms with Gasteiger partial charge in [-0.1, -0.05) is 46.3 Å². The first-order chi connectivity index (χ1) is 25.4. The van der Waals surface area contributed by atoms with E-state index in [1.165, 1.54) is 16.7 Å². The van der Waals surface area contributed by atoms with Gasteiger partial charge in [0.25, 0.3) is 0 Å². The molecule has 1 fully saturated rings. The van der Waals surface area contributed by atoms with Crippen LogP contribution in [0.2, 0.25) is 5.28 Å². The normalized spacial score (nSPS) is 20.6. The van der Waals surface area contributed by atoms with Gasteiger partial charge in [0.1, 0.15) is 27.2 Å². The highest BCUT2D eigenvalue weighted by Gasteiger charge is 2.33. The standard InChI is InChI=1S/C27H35FN4O2S.C11H16ClN3O2S/c1-4-17-13-19-5-6-20(28)14-21(19)24(17)18-7-10-32(11-8-18)27-30-22-9-12-35(34)25(22)26(31-27)29-23(15-33)16(2)3;1-6(2)8(5-16)13-10-9-7(3-4-18(9)17)14-11(12)15-10/h5-6,14,16,18,23,33H,4,7-13,15H2,1-3H3,(H,29,30,31);6,8,16H,3-5H2,1-2H3,(H,13,14,15)/t23-,35?;8-,18?/m00/s1. The number of allylic oxidation sites excluding steroid dienone is 2.